The Morgan fingerprint density at radius 2 is 1.87 bits per heavy atom. The third-order valence-corrected chi connectivity index (χ3v) is 5.69. The maximum Gasteiger partial charge on any atom is 0.257 e. The third-order valence-electron chi connectivity index (χ3n) is 4.87. The van der Waals surface area contributed by atoms with Crippen LogP contribution in [0, 0.1) is 13.8 Å². The molecule has 0 aliphatic carbocycles. The molecule has 5 nitrogen and oxygen atoms in total. The highest BCUT2D eigenvalue weighted by Crippen LogP contribution is 2.33. The maximum atomic E-state index is 12.8. The Morgan fingerprint density at radius 3 is 2.63 bits per heavy atom. The van der Waals surface area contributed by atoms with Gasteiger partial charge in [-0.25, -0.2) is 4.98 Å². The highest BCUT2D eigenvalue weighted by Gasteiger charge is 2.16. The first-order valence-corrected chi connectivity index (χ1v) is 10.4. The number of halogens is 2. The molecule has 0 saturated carbocycles. The summed E-state index contributed by atoms with van der Waals surface area (Å²) in [5, 5.41) is 3.23. The van der Waals surface area contributed by atoms with E-state index < -0.39 is 0 Å². The smallest absolute Gasteiger partial charge is 0.257 e. The summed E-state index contributed by atoms with van der Waals surface area (Å²) in [6.07, 6.45) is 0. The van der Waals surface area contributed by atoms with Gasteiger partial charge in [-0.1, -0.05) is 27.5 Å². The molecule has 152 valence electrons. The zero-order valence-electron chi connectivity index (χ0n) is 16.5. The van der Waals surface area contributed by atoms with Crippen molar-refractivity contribution >= 4 is 50.2 Å². The number of rotatable bonds is 4. The van der Waals surface area contributed by atoms with Crippen molar-refractivity contribution in [3.8, 4) is 17.2 Å². The van der Waals surface area contributed by atoms with Crippen molar-refractivity contribution in [2.75, 3.05) is 12.4 Å². The molecule has 4 aromatic rings. The van der Waals surface area contributed by atoms with Crippen molar-refractivity contribution in [3.63, 3.8) is 0 Å². The number of anilines is 1. The number of ether oxygens (including phenoxy) is 1. The average molecular weight is 486 g/mol. The summed E-state index contributed by atoms with van der Waals surface area (Å²) in [6.45, 7) is 4.07. The van der Waals surface area contributed by atoms with Crippen molar-refractivity contribution < 1.29 is 13.9 Å². The van der Waals surface area contributed by atoms with Gasteiger partial charge in [0.1, 0.15) is 11.3 Å². The number of hydrogen-bond donors (Lipinski definition) is 1. The van der Waals surface area contributed by atoms with Crippen LogP contribution in [0.15, 0.2) is 57.4 Å². The Kier molecular flexibility index (Phi) is 5.54. The van der Waals surface area contributed by atoms with Crippen molar-refractivity contribution in [2.24, 2.45) is 0 Å². The minimum absolute atomic E-state index is 0.347. The molecule has 0 unspecified atom stereocenters. The van der Waals surface area contributed by atoms with Crippen molar-refractivity contribution in [2.45, 2.75) is 13.8 Å². The van der Waals surface area contributed by atoms with E-state index in [1.54, 1.807) is 37.4 Å². The van der Waals surface area contributed by atoms with E-state index in [-0.39, 0.29) is 5.91 Å². The van der Waals surface area contributed by atoms with E-state index in [2.05, 4.69) is 26.2 Å². The quantitative estimate of drug-likeness (QED) is 0.346. The number of carbonyl (C=O) groups is 1. The monoisotopic (exact) mass is 484 g/mol. The van der Waals surface area contributed by atoms with Gasteiger partial charge in [-0.15, -0.1) is 0 Å². The number of amides is 1. The van der Waals surface area contributed by atoms with Crippen LogP contribution in [0.25, 0.3) is 22.6 Å². The molecule has 0 aliphatic heterocycles. The van der Waals surface area contributed by atoms with E-state index in [4.69, 9.17) is 20.8 Å². The van der Waals surface area contributed by atoms with Crippen molar-refractivity contribution in [3.05, 3.63) is 74.7 Å². The van der Waals surface area contributed by atoms with Gasteiger partial charge >= 0.3 is 0 Å². The summed E-state index contributed by atoms with van der Waals surface area (Å²) in [4.78, 5) is 17.4. The van der Waals surface area contributed by atoms with E-state index in [9.17, 15) is 4.79 Å². The zero-order valence-corrected chi connectivity index (χ0v) is 18.9. The summed E-state index contributed by atoms with van der Waals surface area (Å²) in [5.74, 6) is 0.634. The van der Waals surface area contributed by atoms with Crippen LogP contribution >= 0.6 is 27.5 Å². The lowest BCUT2D eigenvalue weighted by atomic mass is 10.1. The second-order valence-corrected chi connectivity index (χ2v) is 8.24. The second kappa shape index (κ2) is 8.13. The Labute approximate surface area is 187 Å². The molecule has 1 N–H and O–H groups in total. The number of aryl methyl sites for hydroxylation is 2. The molecule has 0 atom stereocenters. The first-order chi connectivity index (χ1) is 14.4. The Balaban J connectivity index is 1.72. The molecule has 0 radical (unpaired) electrons. The van der Waals surface area contributed by atoms with Crippen LogP contribution in [0.4, 0.5) is 5.69 Å². The van der Waals surface area contributed by atoms with Gasteiger partial charge in [0, 0.05) is 10.0 Å². The van der Waals surface area contributed by atoms with Crippen LogP contribution < -0.4 is 10.1 Å². The Hall–Kier alpha value is -2.83. The molecule has 0 bridgehead atoms. The molecular weight excluding hydrogens is 468 g/mol. The number of nitrogens with one attached hydrogen (secondary N) is 1. The number of carbonyl (C=O) groups excluding carboxylic acids is 1. The molecule has 0 fully saturated rings. The SMILES string of the molecule is COc1ccc(-c2nc3cc(C)c(C)cc3o2)cc1NC(=O)c1cc(Br)ccc1Cl. The Bertz CT molecular complexity index is 1240. The second-order valence-electron chi connectivity index (χ2n) is 6.92. The molecule has 30 heavy (non-hydrogen) atoms. The van der Waals surface area contributed by atoms with E-state index in [0.29, 0.717) is 27.9 Å². The molecule has 3 aromatic carbocycles. The lowest BCUT2D eigenvalue weighted by Crippen LogP contribution is -2.13. The van der Waals surface area contributed by atoms with Gasteiger partial charge in [-0.3, -0.25) is 4.79 Å². The van der Waals surface area contributed by atoms with Gasteiger partial charge in [0.05, 0.1) is 23.4 Å². The van der Waals surface area contributed by atoms with Crippen LogP contribution in [0.1, 0.15) is 21.5 Å². The van der Waals surface area contributed by atoms with Gasteiger partial charge in [-0.2, -0.15) is 0 Å². The Morgan fingerprint density at radius 1 is 1.10 bits per heavy atom. The highest BCUT2D eigenvalue weighted by atomic mass is 79.9. The van der Waals surface area contributed by atoms with E-state index in [0.717, 1.165) is 32.3 Å². The molecule has 7 heteroatoms. The highest BCUT2D eigenvalue weighted by molar-refractivity contribution is 9.10. The first kappa shape index (κ1) is 20.4. The molecule has 1 heterocycles. The fraction of sp³-hybridized carbons (Fsp3) is 0.130. The summed E-state index contributed by atoms with van der Waals surface area (Å²) < 4.78 is 12.1. The van der Waals surface area contributed by atoms with Gasteiger partial charge < -0.3 is 14.5 Å². The lowest BCUT2D eigenvalue weighted by molar-refractivity contribution is 0.102. The largest absolute Gasteiger partial charge is 0.495 e. The first-order valence-electron chi connectivity index (χ1n) is 9.18. The van der Waals surface area contributed by atoms with E-state index in [1.807, 2.05) is 32.0 Å². The van der Waals surface area contributed by atoms with Crippen molar-refractivity contribution in [1.82, 2.24) is 4.98 Å². The van der Waals surface area contributed by atoms with E-state index in [1.165, 1.54) is 0 Å². The van der Waals surface area contributed by atoms with E-state index >= 15 is 0 Å². The molecule has 0 saturated heterocycles. The number of methoxy groups -OCH3 is 1. The molecular formula is C23H18BrClN2O3. The standard InChI is InChI=1S/C23H18BrClN2O3/c1-12-8-18-21(9-13(12)2)30-23(27-18)14-4-7-20(29-3)19(10-14)26-22(28)16-11-15(24)5-6-17(16)25/h4-11H,1-3H3,(H,26,28). The van der Waals surface area contributed by atoms with Gasteiger partial charge in [-0.05, 0) is 73.5 Å². The number of benzene rings is 3. The predicted molar refractivity (Wildman–Crippen MR) is 123 cm³/mol. The van der Waals surface area contributed by atoms with Gasteiger partial charge in [0.25, 0.3) is 5.91 Å². The molecule has 0 aliphatic rings. The normalized spacial score (nSPS) is 11.0. The third kappa shape index (κ3) is 3.93. The number of aromatic nitrogens is 1. The fourth-order valence-corrected chi connectivity index (χ4v) is 3.67. The van der Waals surface area contributed by atoms with Crippen LogP contribution in [0.2, 0.25) is 5.02 Å². The van der Waals surface area contributed by atoms with Crippen LogP contribution in [0.3, 0.4) is 0 Å². The average Bonchev–Trinajstić information content (AvgIpc) is 3.12. The number of fused-ring (bicyclic) bond motifs is 1. The molecule has 4 rings (SSSR count). The summed E-state index contributed by atoms with van der Waals surface area (Å²) in [5.41, 5.74) is 5.36. The molecule has 1 amide bonds. The zero-order chi connectivity index (χ0) is 21.4. The lowest BCUT2D eigenvalue weighted by Gasteiger charge is -2.12. The van der Waals surface area contributed by atoms with Crippen LogP contribution in [-0.4, -0.2) is 18.0 Å². The van der Waals surface area contributed by atoms with Crippen molar-refractivity contribution in [1.29, 1.82) is 0 Å². The summed E-state index contributed by atoms with van der Waals surface area (Å²) >= 11 is 9.55. The minimum atomic E-state index is -0.347. The van der Waals surface area contributed by atoms with Gasteiger partial charge in [0.15, 0.2) is 5.58 Å². The number of hydrogen-bond acceptors (Lipinski definition) is 4. The number of oxazole rings is 1. The molecule has 1 aromatic heterocycles. The molecule has 0 spiro atoms. The topological polar surface area (TPSA) is 64.4 Å². The predicted octanol–water partition coefficient (Wildman–Crippen LogP) is 6.79. The maximum absolute atomic E-state index is 12.8. The van der Waals surface area contributed by atoms with Gasteiger partial charge in [0.2, 0.25) is 5.89 Å². The summed E-state index contributed by atoms with van der Waals surface area (Å²) in [7, 11) is 1.54. The van der Waals surface area contributed by atoms with Crippen LogP contribution in [-0.2, 0) is 0 Å². The fourth-order valence-electron chi connectivity index (χ4n) is 3.10. The number of nitrogens with zero attached hydrogens (tertiary/aromatic N) is 1. The van der Waals surface area contributed by atoms with Crippen LogP contribution in [0.5, 0.6) is 5.75 Å². The minimum Gasteiger partial charge on any atom is -0.495 e. The summed E-state index contributed by atoms with van der Waals surface area (Å²) in [6, 6.07) is 14.5.